The molecule has 0 saturated heterocycles. The smallest absolute Gasteiger partial charge is 0.0954 e. The van der Waals surface area contributed by atoms with E-state index in [1.54, 1.807) is 0 Å². The fourth-order valence-corrected chi connectivity index (χ4v) is 1.88. The summed E-state index contributed by atoms with van der Waals surface area (Å²) < 4.78 is 2.10. The molecule has 0 bridgehead atoms. The molecule has 2 aromatic rings. The number of imidazole rings is 1. The Morgan fingerprint density at radius 1 is 1.31 bits per heavy atom. The molecule has 0 spiro atoms. The first kappa shape index (κ1) is 13.1. The summed E-state index contributed by atoms with van der Waals surface area (Å²) in [6, 6.07) is 10.6. The largest absolute Gasteiger partial charge is 0.326 e. The number of alkyl halides is 1. The lowest BCUT2D eigenvalue weighted by atomic mass is 10.1. The van der Waals surface area contributed by atoms with Crippen LogP contribution in [0.25, 0.3) is 0 Å². The van der Waals surface area contributed by atoms with Crippen LogP contribution in [0.3, 0.4) is 0 Å². The fraction of sp³-hybridized carbons (Fsp3) is 0.250. The van der Waals surface area contributed by atoms with Crippen LogP contribution in [0.2, 0.25) is 0 Å². The minimum atomic E-state index is 0. The van der Waals surface area contributed by atoms with Gasteiger partial charge in [0.15, 0.2) is 0 Å². The van der Waals surface area contributed by atoms with E-state index in [1.165, 1.54) is 5.56 Å². The first-order chi connectivity index (χ1) is 7.33. The average Bonchev–Trinajstić information content (AvgIpc) is 2.77. The van der Waals surface area contributed by atoms with Crippen molar-refractivity contribution < 1.29 is 0 Å². The van der Waals surface area contributed by atoms with Crippen molar-refractivity contribution in [2.75, 3.05) is 0 Å². The van der Waals surface area contributed by atoms with E-state index in [0.29, 0.717) is 5.88 Å². The van der Waals surface area contributed by atoms with Crippen molar-refractivity contribution in [3.05, 3.63) is 54.1 Å². The SMILES string of the molecule is CC(c1ccccc1)n1cncc1CCl.Cl. The van der Waals surface area contributed by atoms with Gasteiger partial charge in [-0.1, -0.05) is 30.3 Å². The van der Waals surface area contributed by atoms with Gasteiger partial charge in [-0.05, 0) is 12.5 Å². The third-order valence-electron chi connectivity index (χ3n) is 2.58. The standard InChI is InChI=1S/C12H13ClN2.ClH/c1-10(11-5-3-2-4-6-11)15-9-14-8-12(15)7-13;/h2-6,8-10H,7H2,1H3;1H. The molecular weight excluding hydrogens is 243 g/mol. The molecule has 1 heterocycles. The van der Waals surface area contributed by atoms with Crippen LogP contribution in [0.15, 0.2) is 42.9 Å². The number of rotatable bonds is 3. The molecule has 1 atom stereocenters. The summed E-state index contributed by atoms with van der Waals surface area (Å²) in [6.45, 7) is 2.15. The third kappa shape index (κ3) is 2.57. The van der Waals surface area contributed by atoms with Crippen molar-refractivity contribution in [2.24, 2.45) is 0 Å². The van der Waals surface area contributed by atoms with E-state index in [-0.39, 0.29) is 18.4 Å². The lowest BCUT2D eigenvalue weighted by Crippen LogP contribution is -2.07. The lowest BCUT2D eigenvalue weighted by molar-refractivity contribution is 0.620. The van der Waals surface area contributed by atoms with Gasteiger partial charge in [-0.25, -0.2) is 4.98 Å². The summed E-state index contributed by atoms with van der Waals surface area (Å²) >= 11 is 5.84. The van der Waals surface area contributed by atoms with E-state index >= 15 is 0 Å². The van der Waals surface area contributed by atoms with Gasteiger partial charge in [-0.2, -0.15) is 0 Å². The van der Waals surface area contributed by atoms with E-state index in [2.05, 4.69) is 28.6 Å². The van der Waals surface area contributed by atoms with Crippen LogP contribution in [0.5, 0.6) is 0 Å². The summed E-state index contributed by atoms with van der Waals surface area (Å²) in [7, 11) is 0. The van der Waals surface area contributed by atoms with Crippen LogP contribution in [0.1, 0.15) is 24.2 Å². The van der Waals surface area contributed by atoms with Crippen LogP contribution in [0.4, 0.5) is 0 Å². The van der Waals surface area contributed by atoms with Gasteiger partial charge in [0.25, 0.3) is 0 Å². The number of hydrogen-bond donors (Lipinski definition) is 0. The summed E-state index contributed by atoms with van der Waals surface area (Å²) in [5.74, 6) is 0.497. The molecule has 0 radical (unpaired) electrons. The van der Waals surface area contributed by atoms with E-state index in [4.69, 9.17) is 11.6 Å². The maximum absolute atomic E-state index is 5.84. The molecule has 0 amide bonds. The Balaban J connectivity index is 0.00000128. The zero-order valence-corrected chi connectivity index (χ0v) is 10.6. The molecule has 1 unspecified atom stereocenters. The van der Waals surface area contributed by atoms with E-state index in [0.717, 1.165) is 5.69 Å². The maximum atomic E-state index is 5.84. The highest BCUT2D eigenvalue weighted by molar-refractivity contribution is 6.16. The number of hydrogen-bond acceptors (Lipinski definition) is 1. The molecule has 86 valence electrons. The van der Waals surface area contributed by atoms with Gasteiger partial charge in [0.05, 0.1) is 23.9 Å². The Hall–Kier alpha value is -0.990. The zero-order chi connectivity index (χ0) is 10.7. The summed E-state index contributed by atoms with van der Waals surface area (Å²) in [6.07, 6.45) is 3.64. The Kier molecular flexibility index (Phi) is 4.84. The topological polar surface area (TPSA) is 17.8 Å². The molecule has 0 aliphatic heterocycles. The molecule has 16 heavy (non-hydrogen) atoms. The molecule has 0 fully saturated rings. The van der Waals surface area contributed by atoms with Crippen LogP contribution in [-0.4, -0.2) is 9.55 Å². The first-order valence-corrected chi connectivity index (χ1v) is 5.48. The molecule has 0 saturated carbocycles. The molecule has 1 aromatic heterocycles. The van der Waals surface area contributed by atoms with Crippen molar-refractivity contribution >= 4 is 24.0 Å². The lowest BCUT2D eigenvalue weighted by Gasteiger charge is -2.15. The predicted molar refractivity (Wildman–Crippen MR) is 69.3 cm³/mol. The monoisotopic (exact) mass is 256 g/mol. The minimum Gasteiger partial charge on any atom is -0.326 e. The van der Waals surface area contributed by atoms with Gasteiger partial charge in [0.1, 0.15) is 0 Å². The first-order valence-electron chi connectivity index (χ1n) is 4.94. The van der Waals surface area contributed by atoms with Crippen molar-refractivity contribution in [1.82, 2.24) is 9.55 Å². The van der Waals surface area contributed by atoms with Crippen LogP contribution >= 0.6 is 24.0 Å². The van der Waals surface area contributed by atoms with Crippen molar-refractivity contribution in [1.29, 1.82) is 0 Å². The number of halogens is 2. The second kappa shape index (κ2) is 5.92. The van der Waals surface area contributed by atoms with E-state index in [1.807, 2.05) is 30.7 Å². The minimum absolute atomic E-state index is 0. The number of aromatic nitrogens is 2. The fourth-order valence-electron chi connectivity index (χ4n) is 1.68. The van der Waals surface area contributed by atoms with Crippen LogP contribution < -0.4 is 0 Å². The molecule has 0 aliphatic rings. The molecule has 2 rings (SSSR count). The molecule has 4 heteroatoms. The highest BCUT2D eigenvalue weighted by Crippen LogP contribution is 2.19. The third-order valence-corrected chi connectivity index (χ3v) is 2.86. The van der Waals surface area contributed by atoms with Gasteiger partial charge in [-0.15, -0.1) is 24.0 Å². The molecule has 0 N–H and O–H groups in total. The van der Waals surface area contributed by atoms with Crippen LogP contribution in [0, 0.1) is 0 Å². The Morgan fingerprint density at radius 2 is 2.00 bits per heavy atom. The highest BCUT2D eigenvalue weighted by Gasteiger charge is 2.09. The number of benzene rings is 1. The normalized spacial score (nSPS) is 11.9. The summed E-state index contributed by atoms with van der Waals surface area (Å²) in [5, 5.41) is 0. The van der Waals surface area contributed by atoms with Gasteiger partial charge in [0.2, 0.25) is 0 Å². The quantitative estimate of drug-likeness (QED) is 0.767. The van der Waals surface area contributed by atoms with Crippen molar-refractivity contribution in [3.8, 4) is 0 Å². The van der Waals surface area contributed by atoms with Crippen LogP contribution in [-0.2, 0) is 5.88 Å². The molecule has 2 nitrogen and oxygen atoms in total. The Labute approximate surface area is 107 Å². The highest BCUT2D eigenvalue weighted by atomic mass is 35.5. The van der Waals surface area contributed by atoms with Gasteiger partial charge < -0.3 is 4.57 Å². The molecular formula is C12H14Cl2N2. The number of nitrogens with zero attached hydrogens (tertiary/aromatic N) is 2. The van der Waals surface area contributed by atoms with E-state index in [9.17, 15) is 0 Å². The molecule has 1 aromatic carbocycles. The molecule has 0 aliphatic carbocycles. The zero-order valence-electron chi connectivity index (χ0n) is 9.01. The summed E-state index contributed by atoms with van der Waals surface area (Å²) in [5.41, 5.74) is 2.31. The van der Waals surface area contributed by atoms with Gasteiger partial charge in [0, 0.05) is 6.20 Å². The van der Waals surface area contributed by atoms with Gasteiger partial charge >= 0.3 is 0 Å². The Morgan fingerprint density at radius 3 is 2.62 bits per heavy atom. The van der Waals surface area contributed by atoms with Crippen molar-refractivity contribution in [3.63, 3.8) is 0 Å². The predicted octanol–water partition coefficient (Wildman–Crippen LogP) is 3.65. The van der Waals surface area contributed by atoms with Gasteiger partial charge in [-0.3, -0.25) is 0 Å². The van der Waals surface area contributed by atoms with E-state index < -0.39 is 0 Å². The second-order valence-electron chi connectivity index (χ2n) is 3.51. The maximum Gasteiger partial charge on any atom is 0.0954 e. The Bertz CT molecular complexity index is 426. The average molecular weight is 257 g/mol. The second-order valence-corrected chi connectivity index (χ2v) is 3.78. The van der Waals surface area contributed by atoms with Crippen molar-refractivity contribution in [2.45, 2.75) is 18.8 Å². The summed E-state index contributed by atoms with van der Waals surface area (Å²) in [4.78, 5) is 4.12.